The van der Waals surface area contributed by atoms with Gasteiger partial charge in [0.2, 0.25) is 0 Å². The van der Waals surface area contributed by atoms with Crippen LogP contribution >= 0.6 is 0 Å². The molecule has 10 aromatic carbocycles. The molecule has 0 atom stereocenters. The average molecular weight is 739 g/mol. The molecule has 0 aliphatic rings. The topological polar surface area (TPSA) is 8.17 Å². The maximum absolute atomic E-state index is 2.40. The highest BCUT2D eigenvalue weighted by Gasteiger charge is 2.18. The summed E-state index contributed by atoms with van der Waals surface area (Å²) in [6.45, 7) is 0. The highest BCUT2D eigenvalue weighted by molar-refractivity contribution is 6.21. The molecule has 11 rings (SSSR count). The Morgan fingerprint density at radius 1 is 0.293 bits per heavy atom. The van der Waals surface area contributed by atoms with Crippen molar-refractivity contribution < 1.29 is 0 Å². The summed E-state index contributed by atoms with van der Waals surface area (Å²) in [6.07, 6.45) is 0. The summed E-state index contributed by atoms with van der Waals surface area (Å²) in [6, 6.07) is 83.5. The second-order valence-electron chi connectivity index (χ2n) is 14.9. The molecule has 0 aliphatic heterocycles. The molecule has 0 spiro atoms. The molecule has 0 saturated heterocycles. The Balaban J connectivity index is 0.975. The highest BCUT2D eigenvalue weighted by Crippen LogP contribution is 2.43. The first-order chi connectivity index (χ1) is 28.8. The van der Waals surface area contributed by atoms with Crippen molar-refractivity contribution in [2.45, 2.75) is 0 Å². The maximum atomic E-state index is 2.40. The first-order valence-corrected chi connectivity index (χ1v) is 19.9. The van der Waals surface area contributed by atoms with Gasteiger partial charge in [-0.2, -0.15) is 0 Å². The van der Waals surface area contributed by atoms with E-state index >= 15 is 0 Å². The Labute approximate surface area is 338 Å². The van der Waals surface area contributed by atoms with Gasteiger partial charge in [0.25, 0.3) is 0 Å². The Hall–Kier alpha value is -7.68. The van der Waals surface area contributed by atoms with Crippen molar-refractivity contribution in [3.8, 4) is 39.1 Å². The predicted molar refractivity (Wildman–Crippen MR) is 247 cm³/mol. The summed E-state index contributed by atoms with van der Waals surface area (Å²) in [4.78, 5) is 2.38. The summed E-state index contributed by atoms with van der Waals surface area (Å²) in [5.74, 6) is 0. The number of para-hydroxylation sites is 2. The fourth-order valence-corrected chi connectivity index (χ4v) is 8.85. The molecule has 11 aromatic rings. The van der Waals surface area contributed by atoms with Crippen LogP contribution in [0.2, 0.25) is 0 Å². The van der Waals surface area contributed by atoms with Crippen LogP contribution in [0.4, 0.5) is 17.1 Å². The zero-order chi connectivity index (χ0) is 38.4. The third-order valence-corrected chi connectivity index (χ3v) is 11.6. The number of nitrogens with zero attached hydrogens (tertiary/aromatic N) is 2. The smallest absolute Gasteiger partial charge is 0.0547 e. The fourth-order valence-electron chi connectivity index (χ4n) is 8.85. The molecule has 0 saturated carbocycles. The molecule has 0 aliphatic carbocycles. The molecular weight excluding hydrogens is 701 g/mol. The summed E-state index contributed by atoms with van der Waals surface area (Å²) in [5.41, 5.74) is 14.1. The molecule has 0 bridgehead atoms. The Kier molecular flexibility index (Phi) is 8.19. The lowest BCUT2D eigenvalue weighted by atomic mass is 9.97. The van der Waals surface area contributed by atoms with Gasteiger partial charge in [0.1, 0.15) is 0 Å². The van der Waals surface area contributed by atoms with E-state index in [-0.39, 0.29) is 0 Å². The minimum absolute atomic E-state index is 1.10. The number of benzene rings is 10. The second-order valence-corrected chi connectivity index (χ2v) is 14.9. The van der Waals surface area contributed by atoms with Gasteiger partial charge in [0.05, 0.1) is 16.7 Å². The zero-order valence-electron chi connectivity index (χ0n) is 31.8. The largest absolute Gasteiger partial charge is 0.310 e. The van der Waals surface area contributed by atoms with E-state index in [9.17, 15) is 0 Å². The lowest BCUT2D eigenvalue weighted by molar-refractivity contribution is 1.18. The van der Waals surface area contributed by atoms with Crippen molar-refractivity contribution >= 4 is 60.4 Å². The van der Waals surface area contributed by atoms with Crippen LogP contribution in [0.15, 0.2) is 231 Å². The third-order valence-electron chi connectivity index (χ3n) is 11.6. The highest BCUT2D eigenvalue weighted by atomic mass is 15.1. The van der Waals surface area contributed by atoms with Crippen LogP contribution in [0.1, 0.15) is 0 Å². The van der Waals surface area contributed by atoms with Gasteiger partial charge in [-0.3, -0.25) is 0 Å². The van der Waals surface area contributed by atoms with Crippen LogP contribution in [0.25, 0.3) is 82.4 Å². The molecule has 0 amide bonds. The lowest BCUT2D eigenvalue weighted by Crippen LogP contribution is -2.11. The van der Waals surface area contributed by atoms with Gasteiger partial charge in [0.15, 0.2) is 0 Å². The fraction of sp³-hybridized carbons (Fsp3) is 0. The van der Waals surface area contributed by atoms with Crippen molar-refractivity contribution in [1.29, 1.82) is 0 Å². The van der Waals surface area contributed by atoms with Crippen LogP contribution in [0.3, 0.4) is 0 Å². The summed E-state index contributed by atoms with van der Waals surface area (Å²) >= 11 is 0. The van der Waals surface area contributed by atoms with Crippen LogP contribution in [0, 0.1) is 0 Å². The lowest BCUT2D eigenvalue weighted by Gasteiger charge is -2.28. The molecule has 0 unspecified atom stereocenters. The number of hydrogen-bond donors (Lipinski definition) is 0. The molecule has 1 heterocycles. The van der Waals surface area contributed by atoms with Gasteiger partial charge in [-0.15, -0.1) is 0 Å². The van der Waals surface area contributed by atoms with E-state index in [1.165, 1.54) is 76.7 Å². The average Bonchev–Trinajstić information content (AvgIpc) is 3.65. The monoisotopic (exact) mass is 738 g/mol. The van der Waals surface area contributed by atoms with Crippen LogP contribution in [-0.2, 0) is 0 Å². The SMILES string of the molecule is c1ccc(-c2ccccc2N(c2ccc(-c3ccc(-n4c5ccccc5c5c6ccccc6ccc54)cc3)cc2)c2ccc(-c3cccc4ccccc34)cc2)cc1. The number of fused-ring (bicyclic) bond motifs is 6. The van der Waals surface area contributed by atoms with Gasteiger partial charge in [-0.1, -0.05) is 176 Å². The van der Waals surface area contributed by atoms with Gasteiger partial charge in [-0.25, -0.2) is 0 Å². The van der Waals surface area contributed by atoms with Crippen LogP contribution < -0.4 is 4.90 Å². The van der Waals surface area contributed by atoms with Crippen LogP contribution in [-0.4, -0.2) is 4.57 Å². The van der Waals surface area contributed by atoms with E-state index in [4.69, 9.17) is 0 Å². The van der Waals surface area contributed by atoms with E-state index in [1.54, 1.807) is 0 Å². The minimum atomic E-state index is 1.10. The van der Waals surface area contributed by atoms with Crippen molar-refractivity contribution in [2.24, 2.45) is 0 Å². The molecule has 272 valence electrons. The molecule has 0 N–H and O–H groups in total. The predicted octanol–water partition coefficient (Wildman–Crippen LogP) is 15.6. The molecule has 0 fully saturated rings. The molecular formula is C56H38N2. The first kappa shape index (κ1) is 33.6. The Morgan fingerprint density at radius 3 is 1.55 bits per heavy atom. The Morgan fingerprint density at radius 2 is 0.810 bits per heavy atom. The number of anilines is 3. The van der Waals surface area contributed by atoms with E-state index < -0.39 is 0 Å². The standard InChI is InChI=1S/C56H38N2/c1-2-13-42(14-3-1)50-19-8-10-23-53(50)57(46-36-29-44(30-37-46)49-22-12-17-41-15-4-6-18-48(41)49)45-32-25-39(26-33-45)40-27-34-47(35-28-40)58-54-24-11-9-21-52(54)56-51-20-7-5-16-43(51)31-38-55(56)58/h1-38H. The van der Waals surface area contributed by atoms with E-state index in [0.717, 1.165) is 22.7 Å². The summed E-state index contributed by atoms with van der Waals surface area (Å²) in [7, 11) is 0. The van der Waals surface area contributed by atoms with Crippen molar-refractivity contribution in [2.75, 3.05) is 4.90 Å². The van der Waals surface area contributed by atoms with Crippen molar-refractivity contribution in [1.82, 2.24) is 4.57 Å². The molecule has 0 radical (unpaired) electrons. The van der Waals surface area contributed by atoms with E-state index in [0.29, 0.717) is 0 Å². The van der Waals surface area contributed by atoms with Gasteiger partial charge < -0.3 is 9.47 Å². The minimum Gasteiger partial charge on any atom is -0.310 e. The quantitative estimate of drug-likeness (QED) is 0.158. The van der Waals surface area contributed by atoms with Crippen LogP contribution in [0.5, 0.6) is 0 Å². The molecule has 58 heavy (non-hydrogen) atoms. The van der Waals surface area contributed by atoms with E-state index in [1.807, 2.05) is 0 Å². The maximum Gasteiger partial charge on any atom is 0.0547 e. The van der Waals surface area contributed by atoms with Crippen molar-refractivity contribution in [3.63, 3.8) is 0 Å². The number of aromatic nitrogens is 1. The second kappa shape index (κ2) is 14.1. The third kappa shape index (κ3) is 5.74. The molecule has 2 nitrogen and oxygen atoms in total. The number of rotatable bonds is 7. The first-order valence-electron chi connectivity index (χ1n) is 19.9. The normalized spacial score (nSPS) is 11.4. The van der Waals surface area contributed by atoms with Gasteiger partial charge >= 0.3 is 0 Å². The zero-order valence-corrected chi connectivity index (χ0v) is 31.8. The Bertz CT molecular complexity index is 3240. The summed E-state index contributed by atoms with van der Waals surface area (Å²) < 4.78 is 2.40. The van der Waals surface area contributed by atoms with Gasteiger partial charge in [0, 0.05) is 33.4 Å². The van der Waals surface area contributed by atoms with E-state index in [2.05, 4.69) is 240 Å². The van der Waals surface area contributed by atoms with Crippen molar-refractivity contribution in [3.05, 3.63) is 231 Å². The molecule has 2 heteroatoms. The molecule has 1 aromatic heterocycles. The number of hydrogen-bond acceptors (Lipinski definition) is 1. The summed E-state index contributed by atoms with van der Waals surface area (Å²) in [5, 5.41) is 7.63. The van der Waals surface area contributed by atoms with Gasteiger partial charge in [-0.05, 0) is 104 Å².